The van der Waals surface area contributed by atoms with E-state index in [2.05, 4.69) is 31.8 Å². The van der Waals surface area contributed by atoms with Crippen LogP contribution in [0.1, 0.15) is 12.5 Å². The third kappa shape index (κ3) is 4.60. The van der Waals surface area contributed by atoms with Gasteiger partial charge in [-0.05, 0) is 43.3 Å². The molecule has 1 atom stereocenters. The van der Waals surface area contributed by atoms with Crippen LogP contribution < -0.4 is 10.7 Å². The lowest BCUT2D eigenvalue weighted by Gasteiger charge is -2.13. The molecular weight excluding hydrogens is 346 g/mol. The van der Waals surface area contributed by atoms with Crippen LogP contribution >= 0.6 is 15.9 Å². The Hall–Kier alpha value is -2.34. The van der Waals surface area contributed by atoms with Gasteiger partial charge in [-0.15, -0.1) is 0 Å². The summed E-state index contributed by atoms with van der Waals surface area (Å²) in [6.07, 6.45) is 1.40. The Morgan fingerprint density at radius 2 is 1.91 bits per heavy atom. The third-order valence-electron chi connectivity index (χ3n) is 2.94. The molecule has 0 bridgehead atoms. The van der Waals surface area contributed by atoms with Crippen LogP contribution in [0.5, 0.6) is 5.75 Å². The zero-order chi connectivity index (χ0) is 15.9. The maximum absolute atomic E-state index is 11.9. The molecule has 0 aliphatic rings. The fraction of sp³-hybridized carbons (Fsp3) is 0.125. The number of para-hydroxylation sites is 1. The monoisotopic (exact) mass is 361 g/mol. The topological polar surface area (TPSA) is 73.7 Å². The van der Waals surface area contributed by atoms with Crippen LogP contribution in [0, 0.1) is 0 Å². The Morgan fingerprint density at radius 1 is 1.23 bits per heavy atom. The Balaban J connectivity index is 1.89. The first-order valence-electron chi connectivity index (χ1n) is 6.69. The van der Waals surface area contributed by atoms with Crippen molar-refractivity contribution in [2.45, 2.75) is 13.0 Å². The average Bonchev–Trinajstić information content (AvgIpc) is 2.51. The minimum atomic E-state index is -0.442. The fourth-order valence-corrected chi connectivity index (χ4v) is 1.98. The molecule has 0 saturated carbocycles. The maximum Gasteiger partial charge on any atom is 0.262 e. The zero-order valence-corrected chi connectivity index (χ0v) is 13.5. The van der Waals surface area contributed by atoms with Crippen LogP contribution in [-0.2, 0) is 4.79 Å². The number of aromatic hydroxyl groups is 1. The van der Waals surface area contributed by atoms with Gasteiger partial charge in [-0.3, -0.25) is 4.79 Å². The molecule has 22 heavy (non-hydrogen) atoms. The van der Waals surface area contributed by atoms with Gasteiger partial charge in [-0.2, -0.15) is 5.10 Å². The van der Waals surface area contributed by atoms with E-state index in [4.69, 9.17) is 0 Å². The molecule has 1 amide bonds. The molecule has 2 rings (SSSR count). The van der Waals surface area contributed by atoms with E-state index in [1.54, 1.807) is 31.2 Å². The smallest absolute Gasteiger partial charge is 0.262 e. The van der Waals surface area contributed by atoms with Crippen molar-refractivity contribution in [2.75, 3.05) is 5.32 Å². The summed E-state index contributed by atoms with van der Waals surface area (Å²) in [5, 5.41) is 16.5. The van der Waals surface area contributed by atoms with Gasteiger partial charge in [0.2, 0.25) is 0 Å². The predicted molar refractivity (Wildman–Crippen MR) is 91.1 cm³/mol. The molecule has 0 radical (unpaired) electrons. The number of carbonyl (C=O) groups is 1. The number of rotatable bonds is 5. The lowest BCUT2D eigenvalue weighted by molar-refractivity contribution is -0.121. The number of phenolic OH excluding ortho intramolecular Hbond substituents is 1. The number of phenols is 1. The van der Waals surface area contributed by atoms with Crippen molar-refractivity contribution < 1.29 is 9.90 Å². The molecule has 114 valence electrons. The van der Waals surface area contributed by atoms with Crippen molar-refractivity contribution in [2.24, 2.45) is 5.10 Å². The number of hydrogen-bond donors (Lipinski definition) is 3. The molecule has 1 unspecified atom stereocenters. The highest BCUT2D eigenvalue weighted by molar-refractivity contribution is 9.10. The van der Waals surface area contributed by atoms with Crippen LogP contribution in [0.4, 0.5) is 5.69 Å². The van der Waals surface area contributed by atoms with E-state index in [-0.39, 0.29) is 11.7 Å². The van der Waals surface area contributed by atoms with Gasteiger partial charge >= 0.3 is 0 Å². The minimum absolute atomic E-state index is 0.113. The molecule has 0 heterocycles. The molecule has 0 aromatic heterocycles. The number of amides is 1. The third-order valence-corrected chi connectivity index (χ3v) is 3.46. The largest absolute Gasteiger partial charge is 0.507 e. The number of benzene rings is 2. The van der Waals surface area contributed by atoms with Crippen molar-refractivity contribution in [3.8, 4) is 5.75 Å². The minimum Gasteiger partial charge on any atom is -0.507 e. The summed E-state index contributed by atoms with van der Waals surface area (Å²) in [6.45, 7) is 1.74. The van der Waals surface area contributed by atoms with Gasteiger partial charge in [0, 0.05) is 15.7 Å². The summed E-state index contributed by atoms with van der Waals surface area (Å²) in [4.78, 5) is 11.9. The first-order valence-corrected chi connectivity index (χ1v) is 7.48. The molecule has 2 aromatic rings. The van der Waals surface area contributed by atoms with Crippen molar-refractivity contribution in [1.82, 2.24) is 5.43 Å². The molecule has 0 saturated heterocycles. The number of nitrogens with one attached hydrogen (secondary N) is 2. The van der Waals surface area contributed by atoms with E-state index in [1.165, 1.54) is 6.21 Å². The van der Waals surface area contributed by atoms with Gasteiger partial charge in [-0.25, -0.2) is 5.43 Å². The first-order chi connectivity index (χ1) is 10.6. The Bertz CT molecular complexity index is 671. The fourth-order valence-electron chi connectivity index (χ4n) is 1.72. The number of anilines is 1. The quantitative estimate of drug-likeness (QED) is 0.565. The summed E-state index contributed by atoms with van der Waals surface area (Å²) >= 11 is 3.36. The number of hydrogen-bond acceptors (Lipinski definition) is 4. The molecule has 5 nitrogen and oxygen atoms in total. The second-order valence-corrected chi connectivity index (χ2v) is 5.58. The number of nitrogens with zero attached hydrogens (tertiary/aromatic N) is 1. The van der Waals surface area contributed by atoms with E-state index in [9.17, 15) is 9.90 Å². The zero-order valence-electron chi connectivity index (χ0n) is 12.0. The Labute approximate surface area is 137 Å². The number of carbonyl (C=O) groups excluding carboxylic acids is 1. The number of halogens is 1. The SMILES string of the molecule is CC(Nc1ccc(Br)cc1)C(=O)NN=Cc1ccccc1O. The highest BCUT2D eigenvalue weighted by Gasteiger charge is 2.11. The normalized spacial score (nSPS) is 12.1. The van der Waals surface area contributed by atoms with Crippen molar-refractivity contribution in [3.05, 3.63) is 58.6 Å². The summed E-state index contributed by atoms with van der Waals surface area (Å²) in [6, 6.07) is 13.8. The van der Waals surface area contributed by atoms with Crippen LogP contribution in [0.3, 0.4) is 0 Å². The molecule has 0 aliphatic heterocycles. The van der Waals surface area contributed by atoms with Crippen LogP contribution in [0.2, 0.25) is 0 Å². The molecule has 2 aromatic carbocycles. The van der Waals surface area contributed by atoms with Crippen molar-refractivity contribution in [3.63, 3.8) is 0 Å². The molecule has 3 N–H and O–H groups in total. The standard InChI is InChI=1S/C16H16BrN3O2/c1-11(19-14-8-6-13(17)7-9-14)16(22)20-18-10-12-4-2-3-5-15(12)21/h2-11,19,21H,1H3,(H,20,22). The van der Waals surface area contributed by atoms with Gasteiger partial charge in [0.25, 0.3) is 5.91 Å². The molecule has 0 spiro atoms. The van der Waals surface area contributed by atoms with Gasteiger partial charge in [0.1, 0.15) is 11.8 Å². The second kappa shape index (κ2) is 7.61. The first kappa shape index (κ1) is 16.0. The average molecular weight is 362 g/mol. The molecule has 0 fully saturated rings. The number of hydrazone groups is 1. The summed E-state index contributed by atoms with van der Waals surface area (Å²) in [5.74, 6) is -0.156. The summed E-state index contributed by atoms with van der Waals surface area (Å²) in [5.41, 5.74) is 3.82. The summed E-state index contributed by atoms with van der Waals surface area (Å²) in [7, 11) is 0. The summed E-state index contributed by atoms with van der Waals surface area (Å²) < 4.78 is 0.974. The maximum atomic E-state index is 11.9. The molecule has 6 heteroatoms. The van der Waals surface area contributed by atoms with E-state index in [0.717, 1.165) is 10.2 Å². The highest BCUT2D eigenvalue weighted by Crippen LogP contribution is 2.15. The Kier molecular flexibility index (Phi) is 5.55. The van der Waals surface area contributed by atoms with Crippen LogP contribution in [0.25, 0.3) is 0 Å². The van der Waals surface area contributed by atoms with E-state index in [0.29, 0.717) is 5.56 Å². The van der Waals surface area contributed by atoms with Gasteiger partial charge in [0.15, 0.2) is 0 Å². The van der Waals surface area contributed by atoms with Gasteiger partial charge in [-0.1, -0.05) is 28.1 Å². The van der Waals surface area contributed by atoms with E-state index < -0.39 is 6.04 Å². The molecule has 0 aliphatic carbocycles. The van der Waals surface area contributed by atoms with Crippen LogP contribution in [0.15, 0.2) is 58.1 Å². The highest BCUT2D eigenvalue weighted by atomic mass is 79.9. The predicted octanol–water partition coefficient (Wildman–Crippen LogP) is 3.11. The second-order valence-electron chi connectivity index (χ2n) is 4.67. The lowest BCUT2D eigenvalue weighted by atomic mass is 10.2. The van der Waals surface area contributed by atoms with Crippen molar-refractivity contribution in [1.29, 1.82) is 0 Å². The lowest BCUT2D eigenvalue weighted by Crippen LogP contribution is -2.34. The van der Waals surface area contributed by atoms with Crippen LogP contribution in [-0.4, -0.2) is 23.3 Å². The molecular formula is C16H16BrN3O2. The Morgan fingerprint density at radius 3 is 2.59 bits per heavy atom. The van der Waals surface area contributed by atoms with Gasteiger partial charge in [0.05, 0.1) is 6.21 Å². The van der Waals surface area contributed by atoms with E-state index >= 15 is 0 Å². The van der Waals surface area contributed by atoms with Gasteiger partial charge < -0.3 is 10.4 Å². The van der Waals surface area contributed by atoms with Crippen molar-refractivity contribution >= 4 is 33.7 Å². The van der Waals surface area contributed by atoms with E-state index in [1.807, 2.05) is 24.3 Å².